The van der Waals surface area contributed by atoms with Crippen molar-refractivity contribution in [1.82, 2.24) is 15.5 Å². The lowest BCUT2D eigenvalue weighted by Crippen LogP contribution is -2.36. The Morgan fingerprint density at radius 1 is 1.10 bits per heavy atom. The maximum Gasteiger partial charge on any atom is 0.191 e. The maximum atomic E-state index is 6.19. The Hall–Kier alpha value is -2.57. The van der Waals surface area contributed by atoms with E-state index in [-0.39, 0.29) is 6.10 Å². The molecule has 6 nitrogen and oxygen atoms in total. The van der Waals surface area contributed by atoms with Crippen molar-refractivity contribution in [3.63, 3.8) is 0 Å². The number of nitrogens with zero attached hydrogens (tertiary/aromatic N) is 2. The van der Waals surface area contributed by atoms with Crippen LogP contribution in [0.25, 0.3) is 0 Å². The Morgan fingerprint density at radius 2 is 1.83 bits per heavy atom. The average Bonchev–Trinajstić information content (AvgIpc) is 3.23. The maximum absolute atomic E-state index is 6.19. The van der Waals surface area contributed by atoms with Crippen molar-refractivity contribution in [3.8, 4) is 5.75 Å². The van der Waals surface area contributed by atoms with E-state index in [4.69, 9.17) is 9.47 Å². The van der Waals surface area contributed by atoms with Gasteiger partial charge in [-0.2, -0.15) is 0 Å². The van der Waals surface area contributed by atoms with Gasteiger partial charge in [0.05, 0.1) is 13.2 Å². The molecule has 0 aliphatic carbocycles. The highest BCUT2D eigenvalue weighted by Gasteiger charge is 2.18. The van der Waals surface area contributed by atoms with Gasteiger partial charge in [-0.1, -0.05) is 36.4 Å². The average molecular weight is 411 g/mol. The standard InChI is InChI=1S/C24H34N4O2/c1-18-5-10-21(23(13-18)30-22-11-12-29-17-22)15-27-24(25-2)26-14-19-6-8-20(9-7-19)16-28(3)4/h5-10,13,22H,11-12,14-17H2,1-4H3,(H2,25,26,27). The number of rotatable bonds is 8. The Bertz CT molecular complexity index is 828. The molecule has 1 unspecified atom stereocenters. The lowest BCUT2D eigenvalue weighted by molar-refractivity contribution is 0.140. The molecule has 3 rings (SSSR count). The molecule has 162 valence electrons. The zero-order valence-electron chi connectivity index (χ0n) is 18.6. The monoisotopic (exact) mass is 410 g/mol. The van der Waals surface area contributed by atoms with Gasteiger partial charge in [-0.15, -0.1) is 0 Å². The molecule has 30 heavy (non-hydrogen) atoms. The largest absolute Gasteiger partial charge is 0.488 e. The first-order chi connectivity index (χ1) is 14.5. The highest BCUT2D eigenvalue weighted by molar-refractivity contribution is 5.79. The zero-order chi connectivity index (χ0) is 21.3. The molecule has 1 aliphatic heterocycles. The van der Waals surface area contributed by atoms with Crippen molar-refractivity contribution in [2.45, 2.75) is 39.1 Å². The number of aliphatic imine (C=N–C) groups is 1. The fourth-order valence-electron chi connectivity index (χ4n) is 3.42. The summed E-state index contributed by atoms with van der Waals surface area (Å²) in [6.07, 6.45) is 1.08. The van der Waals surface area contributed by atoms with Crippen LogP contribution in [-0.4, -0.2) is 51.3 Å². The van der Waals surface area contributed by atoms with Gasteiger partial charge in [0, 0.05) is 38.7 Å². The van der Waals surface area contributed by atoms with Crippen LogP contribution in [-0.2, 0) is 24.4 Å². The first-order valence-corrected chi connectivity index (χ1v) is 10.5. The highest BCUT2D eigenvalue weighted by atomic mass is 16.5. The summed E-state index contributed by atoms with van der Waals surface area (Å²) in [5.74, 6) is 1.69. The molecule has 1 atom stereocenters. The second-order valence-corrected chi connectivity index (χ2v) is 8.05. The number of hydrogen-bond donors (Lipinski definition) is 2. The lowest BCUT2D eigenvalue weighted by atomic mass is 10.1. The Morgan fingerprint density at radius 3 is 2.50 bits per heavy atom. The minimum absolute atomic E-state index is 0.137. The van der Waals surface area contributed by atoms with Crippen LogP contribution in [0.2, 0.25) is 0 Å². The molecular formula is C24H34N4O2. The van der Waals surface area contributed by atoms with E-state index in [0.29, 0.717) is 13.2 Å². The molecule has 0 amide bonds. The second-order valence-electron chi connectivity index (χ2n) is 8.05. The van der Waals surface area contributed by atoms with Crippen LogP contribution in [0.15, 0.2) is 47.5 Å². The van der Waals surface area contributed by atoms with Gasteiger partial charge >= 0.3 is 0 Å². The van der Waals surface area contributed by atoms with E-state index < -0.39 is 0 Å². The fraction of sp³-hybridized carbons (Fsp3) is 0.458. The number of benzene rings is 2. The molecule has 2 N–H and O–H groups in total. The quantitative estimate of drug-likeness (QED) is 0.517. The SMILES string of the molecule is CN=C(NCc1ccc(CN(C)C)cc1)NCc1ccc(C)cc1OC1CCOC1. The van der Waals surface area contributed by atoms with Gasteiger partial charge in [0.2, 0.25) is 0 Å². The van der Waals surface area contributed by atoms with Crippen LogP contribution in [0.3, 0.4) is 0 Å². The van der Waals surface area contributed by atoms with Gasteiger partial charge in [-0.25, -0.2) is 0 Å². The topological polar surface area (TPSA) is 58.1 Å². The summed E-state index contributed by atoms with van der Waals surface area (Å²) in [7, 11) is 5.95. The number of aryl methyl sites for hydroxylation is 1. The van der Waals surface area contributed by atoms with Crippen LogP contribution < -0.4 is 15.4 Å². The number of guanidine groups is 1. The van der Waals surface area contributed by atoms with Crippen molar-refractivity contribution in [1.29, 1.82) is 0 Å². The van der Waals surface area contributed by atoms with Crippen LogP contribution in [0.1, 0.15) is 28.7 Å². The lowest BCUT2D eigenvalue weighted by Gasteiger charge is -2.18. The molecule has 0 spiro atoms. The smallest absolute Gasteiger partial charge is 0.191 e. The summed E-state index contributed by atoms with van der Waals surface area (Å²) in [5.41, 5.74) is 4.84. The van der Waals surface area contributed by atoms with E-state index in [1.807, 2.05) is 0 Å². The summed E-state index contributed by atoms with van der Waals surface area (Å²) in [4.78, 5) is 6.52. The Balaban J connectivity index is 1.54. The zero-order valence-corrected chi connectivity index (χ0v) is 18.6. The molecule has 1 aliphatic rings. The third kappa shape index (κ3) is 6.75. The summed E-state index contributed by atoms with van der Waals surface area (Å²) in [6, 6.07) is 15.0. The molecule has 2 aromatic carbocycles. The van der Waals surface area contributed by atoms with E-state index in [2.05, 4.69) is 84.0 Å². The van der Waals surface area contributed by atoms with Crippen LogP contribution >= 0.6 is 0 Å². The third-order valence-corrected chi connectivity index (χ3v) is 5.06. The van der Waals surface area contributed by atoms with E-state index in [9.17, 15) is 0 Å². The molecule has 0 radical (unpaired) electrons. The minimum atomic E-state index is 0.137. The van der Waals surface area contributed by atoms with Gasteiger partial charge in [-0.3, -0.25) is 4.99 Å². The first-order valence-electron chi connectivity index (χ1n) is 10.5. The molecule has 0 saturated carbocycles. The van der Waals surface area contributed by atoms with E-state index in [1.165, 1.54) is 16.7 Å². The van der Waals surface area contributed by atoms with Gasteiger partial charge in [0.25, 0.3) is 0 Å². The number of ether oxygens (including phenoxy) is 2. The van der Waals surface area contributed by atoms with Crippen molar-refractivity contribution in [2.75, 3.05) is 34.4 Å². The van der Waals surface area contributed by atoms with Gasteiger partial charge < -0.3 is 25.0 Å². The molecule has 0 bridgehead atoms. The van der Waals surface area contributed by atoms with Gasteiger partial charge in [-0.05, 0) is 43.8 Å². The summed E-state index contributed by atoms with van der Waals surface area (Å²) < 4.78 is 11.6. The molecule has 1 heterocycles. The molecular weight excluding hydrogens is 376 g/mol. The van der Waals surface area contributed by atoms with Crippen LogP contribution in [0.5, 0.6) is 5.75 Å². The van der Waals surface area contributed by atoms with Crippen molar-refractivity contribution >= 4 is 5.96 Å². The first kappa shape index (κ1) is 22.1. The van der Waals surface area contributed by atoms with Gasteiger partial charge in [0.1, 0.15) is 11.9 Å². The molecule has 1 fully saturated rings. The summed E-state index contributed by atoms with van der Waals surface area (Å²) in [5, 5.41) is 6.79. The Labute approximate surface area is 180 Å². The fourth-order valence-corrected chi connectivity index (χ4v) is 3.42. The normalized spacial score (nSPS) is 16.7. The minimum Gasteiger partial charge on any atom is -0.488 e. The van der Waals surface area contributed by atoms with Crippen molar-refractivity contribution in [3.05, 3.63) is 64.7 Å². The highest BCUT2D eigenvalue weighted by Crippen LogP contribution is 2.23. The van der Waals surface area contributed by atoms with E-state index in [0.717, 1.165) is 43.4 Å². The van der Waals surface area contributed by atoms with E-state index in [1.54, 1.807) is 7.05 Å². The second kappa shape index (κ2) is 11.0. The molecule has 2 aromatic rings. The van der Waals surface area contributed by atoms with E-state index >= 15 is 0 Å². The van der Waals surface area contributed by atoms with Crippen molar-refractivity contribution in [2.24, 2.45) is 4.99 Å². The predicted octanol–water partition coefficient (Wildman–Crippen LogP) is 3.09. The number of hydrogen-bond acceptors (Lipinski definition) is 4. The third-order valence-electron chi connectivity index (χ3n) is 5.06. The molecule has 6 heteroatoms. The number of nitrogens with one attached hydrogen (secondary N) is 2. The summed E-state index contributed by atoms with van der Waals surface area (Å²) in [6.45, 7) is 5.84. The molecule has 0 aromatic heterocycles. The van der Waals surface area contributed by atoms with Crippen LogP contribution in [0, 0.1) is 6.92 Å². The Kier molecular flexibility index (Phi) is 8.11. The molecule has 1 saturated heterocycles. The van der Waals surface area contributed by atoms with Crippen LogP contribution in [0.4, 0.5) is 0 Å². The van der Waals surface area contributed by atoms with Gasteiger partial charge in [0.15, 0.2) is 5.96 Å². The summed E-state index contributed by atoms with van der Waals surface area (Å²) >= 11 is 0. The van der Waals surface area contributed by atoms with Crippen molar-refractivity contribution < 1.29 is 9.47 Å². The predicted molar refractivity (Wildman–Crippen MR) is 122 cm³/mol.